The number of nitrogens with zero attached hydrogens (tertiary/aromatic N) is 3. The van der Waals surface area contributed by atoms with E-state index in [1.54, 1.807) is 18.5 Å². The van der Waals surface area contributed by atoms with Crippen LogP contribution in [0.3, 0.4) is 0 Å². The molecule has 2 rings (SSSR count). The van der Waals surface area contributed by atoms with Gasteiger partial charge in [-0.2, -0.15) is 5.10 Å². The Kier molecular flexibility index (Phi) is 4.16. The zero-order valence-corrected chi connectivity index (χ0v) is 12.1. The van der Waals surface area contributed by atoms with E-state index in [1.165, 1.54) is 17.5 Å². The third-order valence-corrected chi connectivity index (χ3v) is 4.82. The molecular weight excluding hydrogens is 304 g/mol. The molecule has 1 unspecified atom stereocenters. The van der Waals surface area contributed by atoms with Crippen molar-refractivity contribution < 1.29 is 18.3 Å². The van der Waals surface area contributed by atoms with E-state index in [4.69, 9.17) is 5.11 Å². The lowest BCUT2D eigenvalue weighted by atomic mass is 10.4. The van der Waals surface area contributed by atoms with Crippen molar-refractivity contribution in [1.29, 1.82) is 0 Å². The maximum atomic E-state index is 12.1. The van der Waals surface area contributed by atoms with E-state index < -0.39 is 28.6 Å². The van der Waals surface area contributed by atoms with E-state index >= 15 is 0 Å². The second kappa shape index (κ2) is 5.69. The molecule has 0 fully saturated rings. The second-order valence-corrected chi connectivity index (χ2v) is 6.62. The van der Waals surface area contributed by atoms with Gasteiger partial charge in [0.05, 0.1) is 12.2 Å². The van der Waals surface area contributed by atoms with Crippen LogP contribution in [0.4, 0.5) is 0 Å². The first-order valence-electron chi connectivity index (χ1n) is 5.54. The van der Waals surface area contributed by atoms with Crippen molar-refractivity contribution in [2.75, 3.05) is 0 Å². The van der Waals surface area contributed by atoms with Crippen molar-refractivity contribution in [2.45, 2.75) is 24.4 Å². The van der Waals surface area contributed by atoms with Gasteiger partial charge in [-0.25, -0.2) is 18.1 Å². The predicted octanol–water partition coefficient (Wildman–Crippen LogP) is 0.464. The summed E-state index contributed by atoms with van der Waals surface area (Å²) in [6, 6.07) is -0.470. The van der Waals surface area contributed by atoms with Crippen LogP contribution in [0.25, 0.3) is 0 Å². The number of aromatic nitrogens is 3. The van der Waals surface area contributed by atoms with E-state index in [1.807, 2.05) is 0 Å². The summed E-state index contributed by atoms with van der Waals surface area (Å²) in [6.45, 7) is 1.29. The SMILES string of the molecule is CC(NS(=O)(=O)c1cnn(CC(=O)O)c1)c1nccs1. The van der Waals surface area contributed by atoms with Gasteiger partial charge in [0.1, 0.15) is 16.4 Å². The fourth-order valence-corrected chi connectivity index (χ4v) is 3.39. The molecular formula is C10H12N4O4S2. The van der Waals surface area contributed by atoms with Crippen LogP contribution in [0, 0.1) is 0 Å². The topological polar surface area (TPSA) is 114 Å². The van der Waals surface area contributed by atoms with Crippen LogP contribution in [-0.4, -0.2) is 34.3 Å². The molecule has 0 aliphatic rings. The highest BCUT2D eigenvalue weighted by Crippen LogP contribution is 2.18. The molecule has 0 amide bonds. The molecule has 8 nitrogen and oxygen atoms in total. The highest BCUT2D eigenvalue weighted by atomic mass is 32.2. The fourth-order valence-electron chi connectivity index (χ4n) is 1.51. The number of thiazole rings is 1. The Morgan fingerprint density at radius 1 is 1.60 bits per heavy atom. The van der Waals surface area contributed by atoms with Gasteiger partial charge in [0, 0.05) is 17.8 Å². The second-order valence-electron chi connectivity index (χ2n) is 3.98. The lowest BCUT2D eigenvalue weighted by Crippen LogP contribution is -2.26. The normalized spacial score (nSPS) is 13.2. The summed E-state index contributed by atoms with van der Waals surface area (Å²) in [6.07, 6.45) is 3.88. The summed E-state index contributed by atoms with van der Waals surface area (Å²) in [7, 11) is -3.76. The van der Waals surface area contributed by atoms with E-state index in [0.29, 0.717) is 5.01 Å². The largest absolute Gasteiger partial charge is 0.480 e. The van der Waals surface area contributed by atoms with Crippen molar-refractivity contribution in [3.05, 3.63) is 29.0 Å². The van der Waals surface area contributed by atoms with Gasteiger partial charge in [-0.3, -0.25) is 9.48 Å². The van der Waals surface area contributed by atoms with Crippen LogP contribution < -0.4 is 4.72 Å². The fraction of sp³-hybridized carbons (Fsp3) is 0.300. The number of rotatable bonds is 6. The number of carboxylic acid groups (broad SMARTS) is 1. The number of sulfonamides is 1. The molecule has 108 valence electrons. The smallest absolute Gasteiger partial charge is 0.325 e. The first-order valence-corrected chi connectivity index (χ1v) is 7.91. The molecule has 0 bridgehead atoms. The van der Waals surface area contributed by atoms with Gasteiger partial charge in [-0.15, -0.1) is 11.3 Å². The average molecular weight is 316 g/mol. The Balaban J connectivity index is 2.14. The minimum atomic E-state index is -3.76. The van der Waals surface area contributed by atoms with Crippen molar-refractivity contribution in [2.24, 2.45) is 0 Å². The van der Waals surface area contributed by atoms with E-state index in [-0.39, 0.29) is 4.90 Å². The number of carboxylic acids is 1. The van der Waals surface area contributed by atoms with E-state index in [0.717, 1.165) is 10.9 Å². The van der Waals surface area contributed by atoms with E-state index in [2.05, 4.69) is 14.8 Å². The summed E-state index contributed by atoms with van der Waals surface area (Å²) in [5.74, 6) is -1.10. The number of aliphatic carboxylic acids is 1. The zero-order valence-electron chi connectivity index (χ0n) is 10.4. The van der Waals surface area contributed by atoms with Gasteiger partial charge in [0.2, 0.25) is 10.0 Å². The maximum Gasteiger partial charge on any atom is 0.325 e. The number of hydrogen-bond donors (Lipinski definition) is 2. The molecule has 0 spiro atoms. The Labute approximate surface area is 119 Å². The molecule has 20 heavy (non-hydrogen) atoms. The van der Waals surface area contributed by atoms with Gasteiger partial charge in [0.15, 0.2) is 0 Å². The number of nitrogens with one attached hydrogen (secondary N) is 1. The molecule has 0 aliphatic carbocycles. The Morgan fingerprint density at radius 3 is 2.95 bits per heavy atom. The quantitative estimate of drug-likeness (QED) is 0.800. The molecule has 0 saturated heterocycles. The average Bonchev–Trinajstić information content (AvgIpc) is 2.97. The maximum absolute atomic E-state index is 12.1. The van der Waals surface area contributed by atoms with Crippen molar-refractivity contribution in [3.63, 3.8) is 0 Å². The third kappa shape index (κ3) is 3.40. The highest BCUT2D eigenvalue weighted by molar-refractivity contribution is 7.89. The van der Waals surface area contributed by atoms with Gasteiger partial charge in [-0.1, -0.05) is 0 Å². The monoisotopic (exact) mass is 316 g/mol. The van der Waals surface area contributed by atoms with Crippen LogP contribution in [-0.2, 0) is 21.4 Å². The Bertz CT molecular complexity index is 693. The van der Waals surface area contributed by atoms with Gasteiger partial charge >= 0.3 is 5.97 Å². The van der Waals surface area contributed by atoms with Crippen LogP contribution >= 0.6 is 11.3 Å². The van der Waals surface area contributed by atoms with Crippen LogP contribution in [0.1, 0.15) is 18.0 Å². The van der Waals surface area contributed by atoms with Gasteiger partial charge in [0.25, 0.3) is 0 Å². The Hall–Kier alpha value is -1.78. The molecule has 0 aromatic carbocycles. The van der Waals surface area contributed by atoms with Crippen molar-refractivity contribution in [3.8, 4) is 0 Å². The standard InChI is InChI=1S/C10H12N4O4S2/c1-7(10-11-2-3-19-10)13-20(17,18)8-4-12-14(5-8)6-9(15)16/h2-5,7,13H,6H2,1H3,(H,15,16). The minimum absolute atomic E-state index is 0.0813. The van der Waals surface area contributed by atoms with Crippen LogP contribution in [0.2, 0.25) is 0 Å². The lowest BCUT2D eigenvalue weighted by Gasteiger charge is -2.10. The van der Waals surface area contributed by atoms with Crippen LogP contribution in [0.5, 0.6) is 0 Å². The van der Waals surface area contributed by atoms with Crippen LogP contribution in [0.15, 0.2) is 28.9 Å². The first-order chi connectivity index (χ1) is 9.38. The predicted molar refractivity (Wildman–Crippen MR) is 70.7 cm³/mol. The van der Waals surface area contributed by atoms with Gasteiger partial charge < -0.3 is 5.11 Å². The summed E-state index contributed by atoms with van der Waals surface area (Å²) in [5, 5.41) is 14.7. The summed E-state index contributed by atoms with van der Waals surface area (Å²) < 4.78 is 27.7. The van der Waals surface area contributed by atoms with Crippen molar-refractivity contribution >= 4 is 27.3 Å². The first kappa shape index (κ1) is 14.6. The van der Waals surface area contributed by atoms with Crippen molar-refractivity contribution in [1.82, 2.24) is 19.5 Å². The lowest BCUT2D eigenvalue weighted by molar-refractivity contribution is -0.137. The Morgan fingerprint density at radius 2 is 2.35 bits per heavy atom. The summed E-state index contributed by atoms with van der Waals surface area (Å²) in [5.41, 5.74) is 0. The third-order valence-electron chi connectivity index (χ3n) is 2.37. The number of hydrogen-bond acceptors (Lipinski definition) is 6. The summed E-state index contributed by atoms with van der Waals surface area (Å²) in [4.78, 5) is 14.5. The summed E-state index contributed by atoms with van der Waals surface area (Å²) >= 11 is 1.34. The molecule has 0 saturated carbocycles. The highest BCUT2D eigenvalue weighted by Gasteiger charge is 2.21. The molecule has 0 aliphatic heterocycles. The molecule has 1 atom stereocenters. The molecule has 2 aromatic rings. The molecule has 2 heterocycles. The van der Waals surface area contributed by atoms with Gasteiger partial charge in [-0.05, 0) is 6.92 Å². The van der Waals surface area contributed by atoms with E-state index in [9.17, 15) is 13.2 Å². The zero-order chi connectivity index (χ0) is 14.8. The number of carbonyl (C=O) groups is 1. The molecule has 2 aromatic heterocycles. The molecule has 10 heteroatoms. The molecule has 0 radical (unpaired) electrons. The molecule has 2 N–H and O–H groups in total. The minimum Gasteiger partial charge on any atom is -0.480 e.